The van der Waals surface area contributed by atoms with Gasteiger partial charge in [-0.05, 0) is 27.7 Å². The van der Waals surface area contributed by atoms with Gasteiger partial charge >= 0.3 is 0 Å². The highest BCUT2D eigenvalue weighted by atomic mass is 127. The maximum Gasteiger partial charge on any atom is 0.194 e. The monoisotopic (exact) mass is 383 g/mol. The SMILES string of the molecule is CN=C(NCC(C)(C)OC)N1CC(C)(C)C1(C)C.I. The predicted octanol–water partition coefficient (Wildman–Crippen LogP) is 2.73. The van der Waals surface area contributed by atoms with E-state index in [4.69, 9.17) is 4.74 Å². The van der Waals surface area contributed by atoms with Gasteiger partial charge < -0.3 is 15.0 Å². The third-order valence-electron chi connectivity index (χ3n) is 4.58. The van der Waals surface area contributed by atoms with Gasteiger partial charge in [0.1, 0.15) is 0 Å². The van der Waals surface area contributed by atoms with Crippen molar-refractivity contribution >= 4 is 29.9 Å². The standard InChI is InChI=1S/C14H29N3O.HI/c1-12(2)10-17(14(12,5)6)11(15-7)16-9-13(3,4)18-8;/h9-10H2,1-8H3,(H,15,16);1H. The van der Waals surface area contributed by atoms with Crippen LogP contribution in [0.4, 0.5) is 0 Å². The number of halogens is 1. The lowest BCUT2D eigenvalue weighted by Crippen LogP contribution is -2.72. The average Bonchev–Trinajstić information content (AvgIpc) is 2.28. The summed E-state index contributed by atoms with van der Waals surface area (Å²) < 4.78 is 5.42. The van der Waals surface area contributed by atoms with E-state index in [9.17, 15) is 0 Å². The van der Waals surface area contributed by atoms with Gasteiger partial charge in [0, 0.05) is 38.2 Å². The van der Waals surface area contributed by atoms with Crippen molar-refractivity contribution in [2.45, 2.75) is 52.7 Å². The highest BCUT2D eigenvalue weighted by Gasteiger charge is 2.53. The van der Waals surface area contributed by atoms with E-state index < -0.39 is 0 Å². The normalized spacial score (nSPS) is 21.5. The summed E-state index contributed by atoms with van der Waals surface area (Å²) in [6.07, 6.45) is 0. The van der Waals surface area contributed by atoms with Gasteiger partial charge in [0.15, 0.2) is 5.96 Å². The molecule has 5 heteroatoms. The smallest absolute Gasteiger partial charge is 0.194 e. The topological polar surface area (TPSA) is 36.9 Å². The van der Waals surface area contributed by atoms with E-state index in [2.05, 4.69) is 56.8 Å². The van der Waals surface area contributed by atoms with Crippen molar-refractivity contribution in [3.8, 4) is 0 Å². The molecule has 0 bridgehead atoms. The molecule has 0 atom stereocenters. The van der Waals surface area contributed by atoms with Gasteiger partial charge in [-0.3, -0.25) is 4.99 Å². The molecule has 0 aliphatic carbocycles. The molecule has 114 valence electrons. The Labute approximate surface area is 135 Å². The number of hydrogen-bond acceptors (Lipinski definition) is 2. The van der Waals surface area contributed by atoms with Crippen LogP contribution in [0.25, 0.3) is 0 Å². The van der Waals surface area contributed by atoms with Crippen LogP contribution < -0.4 is 5.32 Å². The van der Waals surface area contributed by atoms with Crippen LogP contribution in [0, 0.1) is 5.41 Å². The van der Waals surface area contributed by atoms with Crippen molar-refractivity contribution in [3.63, 3.8) is 0 Å². The molecule has 1 aliphatic rings. The zero-order valence-electron chi connectivity index (χ0n) is 13.6. The molecule has 0 amide bonds. The average molecular weight is 383 g/mol. The summed E-state index contributed by atoms with van der Waals surface area (Å²) in [5.74, 6) is 0.962. The molecule has 0 aromatic rings. The molecule has 1 heterocycles. The minimum Gasteiger partial charge on any atom is -0.377 e. The molecule has 0 radical (unpaired) electrons. The van der Waals surface area contributed by atoms with E-state index in [1.165, 1.54) is 0 Å². The summed E-state index contributed by atoms with van der Waals surface area (Å²) in [4.78, 5) is 6.72. The van der Waals surface area contributed by atoms with E-state index in [1.54, 1.807) is 7.11 Å². The minimum absolute atomic E-state index is 0. The highest BCUT2D eigenvalue weighted by Crippen LogP contribution is 2.46. The van der Waals surface area contributed by atoms with Crippen molar-refractivity contribution < 1.29 is 4.74 Å². The van der Waals surface area contributed by atoms with E-state index in [1.807, 2.05) is 7.05 Å². The molecule has 0 saturated carbocycles. The first-order valence-corrected chi connectivity index (χ1v) is 6.61. The van der Waals surface area contributed by atoms with Crippen LogP contribution >= 0.6 is 24.0 Å². The Hall–Kier alpha value is -0.0400. The van der Waals surface area contributed by atoms with E-state index in [0.29, 0.717) is 5.41 Å². The number of rotatable bonds is 3. The quantitative estimate of drug-likeness (QED) is 0.463. The number of aliphatic imine (C=N–C) groups is 1. The molecule has 0 aromatic heterocycles. The van der Waals surface area contributed by atoms with Gasteiger partial charge in [0.25, 0.3) is 0 Å². The second-order valence-electron chi connectivity index (χ2n) is 6.89. The Kier molecular flexibility index (Phi) is 6.15. The Morgan fingerprint density at radius 1 is 1.32 bits per heavy atom. The Bertz CT molecular complexity index is 338. The summed E-state index contributed by atoms with van der Waals surface area (Å²) in [7, 11) is 3.57. The molecule has 1 fully saturated rings. The van der Waals surface area contributed by atoms with Gasteiger partial charge in [0.05, 0.1) is 5.60 Å². The largest absolute Gasteiger partial charge is 0.377 e. The van der Waals surface area contributed by atoms with Gasteiger partial charge in [0.2, 0.25) is 0 Å². The molecular formula is C14H30IN3O. The minimum atomic E-state index is -0.180. The van der Waals surface area contributed by atoms with Crippen LogP contribution in [0.1, 0.15) is 41.5 Å². The van der Waals surface area contributed by atoms with Crippen molar-refractivity contribution in [2.24, 2.45) is 10.4 Å². The van der Waals surface area contributed by atoms with Crippen molar-refractivity contribution in [3.05, 3.63) is 0 Å². The van der Waals surface area contributed by atoms with Crippen molar-refractivity contribution in [1.29, 1.82) is 0 Å². The number of nitrogens with one attached hydrogen (secondary N) is 1. The first-order chi connectivity index (χ1) is 8.07. The molecule has 1 aliphatic heterocycles. The number of likely N-dealkylation sites (tertiary alicyclic amines) is 1. The zero-order valence-corrected chi connectivity index (χ0v) is 16.0. The van der Waals surface area contributed by atoms with Crippen LogP contribution in [0.15, 0.2) is 4.99 Å². The van der Waals surface area contributed by atoms with Gasteiger partial charge in [-0.1, -0.05) is 13.8 Å². The molecule has 1 N–H and O–H groups in total. The van der Waals surface area contributed by atoms with Gasteiger partial charge in [-0.15, -0.1) is 24.0 Å². The van der Waals surface area contributed by atoms with Crippen LogP contribution in [-0.4, -0.2) is 49.2 Å². The molecule has 0 aromatic carbocycles. The second-order valence-corrected chi connectivity index (χ2v) is 6.89. The summed E-state index contributed by atoms with van der Waals surface area (Å²) >= 11 is 0. The fraction of sp³-hybridized carbons (Fsp3) is 0.929. The summed E-state index contributed by atoms with van der Waals surface area (Å²) in [5.41, 5.74) is 0.272. The fourth-order valence-electron chi connectivity index (χ4n) is 2.06. The first kappa shape index (κ1) is 19.0. The number of ether oxygens (including phenoxy) is 1. The number of guanidine groups is 1. The second kappa shape index (κ2) is 6.16. The number of nitrogens with zero attached hydrogens (tertiary/aromatic N) is 2. The predicted molar refractivity (Wildman–Crippen MR) is 92.4 cm³/mol. The Morgan fingerprint density at radius 3 is 2.16 bits per heavy atom. The molecular weight excluding hydrogens is 353 g/mol. The number of methoxy groups -OCH3 is 1. The maximum absolute atomic E-state index is 5.42. The summed E-state index contributed by atoms with van der Waals surface area (Å²) in [6, 6.07) is 0. The summed E-state index contributed by atoms with van der Waals surface area (Å²) in [5, 5.41) is 3.41. The molecule has 4 nitrogen and oxygen atoms in total. The van der Waals surface area contributed by atoms with Crippen LogP contribution in [0.5, 0.6) is 0 Å². The Balaban J connectivity index is 0.00000324. The molecule has 1 saturated heterocycles. The number of hydrogen-bond donors (Lipinski definition) is 1. The molecule has 0 spiro atoms. The van der Waals surface area contributed by atoms with Crippen molar-refractivity contribution in [1.82, 2.24) is 10.2 Å². The third-order valence-corrected chi connectivity index (χ3v) is 4.58. The van der Waals surface area contributed by atoms with Gasteiger partial charge in [-0.25, -0.2) is 0 Å². The molecule has 19 heavy (non-hydrogen) atoms. The van der Waals surface area contributed by atoms with Crippen molar-refractivity contribution in [2.75, 3.05) is 27.2 Å². The lowest BCUT2D eigenvalue weighted by atomic mass is 9.65. The van der Waals surface area contributed by atoms with E-state index in [-0.39, 0.29) is 35.1 Å². The van der Waals surface area contributed by atoms with Crippen LogP contribution in [-0.2, 0) is 4.74 Å². The zero-order chi connectivity index (χ0) is 14.2. The molecule has 1 rings (SSSR count). The third kappa shape index (κ3) is 3.74. The lowest BCUT2D eigenvalue weighted by Gasteiger charge is -2.62. The lowest BCUT2D eigenvalue weighted by molar-refractivity contribution is -0.0678. The van der Waals surface area contributed by atoms with E-state index in [0.717, 1.165) is 19.0 Å². The molecule has 0 unspecified atom stereocenters. The van der Waals surface area contributed by atoms with Gasteiger partial charge in [-0.2, -0.15) is 0 Å². The summed E-state index contributed by atoms with van der Waals surface area (Å²) in [6.45, 7) is 15.1. The Morgan fingerprint density at radius 2 is 1.84 bits per heavy atom. The highest BCUT2D eigenvalue weighted by molar-refractivity contribution is 14.0. The van der Waals surface area contributed by atoms with Crippen LogP contribution in [0.3, 0.4) is 0 Å². The maximum atomic E-state index is 5.42. The van der Waals surface area contributed by atoms with Crippen LogP contribution in [0.2, 0.25) is 0 Å². The first-order valence-electron chi connectivity index (χ1n) is 6.61. The van der Waals surface area contributed by atoms with E-state index >= 15 is 0 Å². The fourth-order valence-corrected chi connectivity index (χ4v) is 2.06.